The smallest absolute Gasteiger partial charge is 0.477 e. The summed E-state index contributed by atoms with van der Waals surface area (Å²) in [5.74, 6) is -0.869. The Morgan fingerprint density at radius 3 is 1.30 bits per heavy atom. The number of pyridine rings is 1. The number of hydrogen-bond acceptors (Lipinski definition) is 1. The summed E-state index contributed by atoms with van der Waals surface area (Å²) in [6, 6.07) is 34.1. The van der Waals surface area contributed by atoms with Crippen LogP contribution in [0.25, 0.3) is 33.6 Å². The van der Waals surface area contributed by atoms with Crippen molar-refractivity contribution < 1.29 is 31.7 Å². The topological polar surface area (TPSA) is 41.2 Å². The summed E-state index contributed by atoms with van der Waals surface area (Å²) in [5, 5.41) is 9.58. The minimum atomic E-state index is -6.00. The Hall–Kier alpha value is -3.94. The summed E-state index contributed by atoms with van der Waals surface area (Å²) in [7, 11) is -6.00. The van der Waals surface area contributed by atoms with Gasteiger partial charge in [-0.3, -0.25) is 0 Å². The number of halogens is 4. The third-order valence-corrected chi connectivity index (χ3v) is 4.71. The molecule has 8 heteroatoms. The van der Waals surface area contributed by atoms with Gasteiger partial charge in [-0.15, -0.1) is 0 Å². The molecule has 3 aromatic carbocycles. The highest BCUT2D eigenvalue weighted by molar-refractivity contribution is 6.50. The lowest BCUT2D eigenvalue weighted by Gasteiger charge is -2.11. The minimum absolute atomic E-state index is 0.108. The van der Waals surface area contributed by atoms with Gasteiger partial charge in [-0.05, 0) is 35.4 Å². The first-order chi connectivity index (χ1) is 15.7. The predicted molar refractivity (Wildman–Crippen MR) is 121 cm³/mol. The molecule has 0 saturated heterocycles. The second-order valence-electron chi connectivity index (χ2n) is 7.09. The summed E-state index contributed by atoms with van der Waals surface area (Å²) < 4.78 is 40.9. The van der Waals surface area contributed by atoms with Gasteiger partial charge in [0.25, 0.3) is 0 Å². The van der Waals surface area contributed by atoms with Gasteiger partial charge in [0.2, 0.25) is 17.9 Å². The van der Waals surface area contributed by atoms with Gasteiger partial charge in [0, 0.05) is 23.3 Å². The zero-order valence-electron chi connectivity index (χ0n) is 17.4. The highest BCUT2D eigenvalue weighted by atomic mass is 19.5. The number of benzene rings is 3. The van der Waals surface area contributed by atoms with E-state index in [1.165, 1.54) is 0 Å². The van der Waals surface area contributed by atoms with Crippen molar-refractivity contribution in [1.82, 2.24) is 0 Å². The predicted octanol–water partition coefficient (Wildman–Crippen LogP) is 6.36. The second kappa shape index (κ2) is 10.6. The molecule has 0 aliphatic carbocycles. The zero-order chi connectivity index (χ0) is 23.8. The normalized spacial score (nSPS) is 10.8. The van der Waals surface area contributed by atoms with Gasteiger partial charge >= 0.3 is 13.2 Å². The van der Waals surface area contributed by atoms with E-state index in [1.807, 2.05) is 83.4 Å². The molecule has 0 aliphatic rings. The lowest BCUT2D eigenvalue weighted by molar-refractivity contribution is -0.664. The number of carboxylic acid groups (broad SMARTS) is 1. The highest BCUT2D eigenvalue weighted by Crippen LogP contribution is 2.29. The number of carbonyl (C=O) groups is 1. The Morgan fingerprint density at radius 2 is 0.970 bits per heavy atom. The van der Waals surface area contributed by atoms with Crippen molar-refractivity contribution in [3.63, 3.8) is 0 Å². The third kappa shape index (κ3) is 7.03. The lowest BCUT2D eigenvalue weighted by atomic mass is 9.99. The van der Waals surface area contributed by atoms with E-state index in [-0.39, 0.29) is 6.54 Å². The van der Waals surface area contributed by atoms with E-state index in [4.69, 9.17) is 0 Å². The molecular formula is C25H20BF4NO2. The molecule has 0 bridgehead atoms. The Kier molecular flexibility index (Phi) is 7.61. The molecule has 0 saturated carbocycles. The van der Waals surface area contributed by atoms with Crippen molar-refractivity contribution >= 4 is 13.2 Å². The standard InChI is InChI=1S/C25H19NO2.BF4/c27-25(28)18-26-23(20-12-6-2-7-13-20)16-22(19-10-4-1-5-11-19)17-24(26)21-14-8-3-9-15-21;2-1(3,4)5/h1-17H,18H2;/q;-1/p+1. The van der Waals surface area contributed by atoms with E-state index in [2.05, 4.69) is 24.3 Å². The minimum Gasteiger partial charge on any atom is -0.477 e. The number of hydrogen-bond donors (Lipinski definition) is 1. The molecule has 1 aromatic heterocycles. The molecule has 3 nitrogen and oxygen atoms in total. The molecule has 0 radical (unpaired) electrons. The van der Waals surface area contributed by atoms with Gasteiger partial charge in [-0.1, -0.05) is 66.7 Å². The summed E-state index contributed by atoms with van der Waals surface area (Å²) >= 11 is 0. The molecule has 1 heterocycles. The molecule has 168 valence electrons. The maximum Gasteiger partial charge on any atom is 0.673 e. The van der Waals surface area contributed by atoms with E-state index in [1.54, 1.807) is 0 Å². The van der Waals surface area contributed by atoms with Gasteiger partial charge in [-0.25, -0.2) is 4.79 Å². The van der Waals surface area contributed by atoms with Gasteiger partial charge in [0.1, 0.15) is 0 Å². The van der Waals surface area contributed by atoms with Crippen LogP contribution in [-0.4, -0.2) is 18.3 Å². The Bertz CT molecular complexity index is 1140. The average Bonchev–Trinajstić information content (AvgIpc) is 2.79. The van der Waals surface area contributed by atoms with Gasteiger partial charge < -0.3 is 22.4 Å². The molecule has 0 unspecified atom stereocenters. The van der Waals surface area contributed by atoms with Gasteiger partial charge in [0.05, 0.1) is 0 Å². The van der Waals surface area contributed by atoms with Crippen molar-refractivity contribution in [3.05, 3.63) is 103 Å². The van der Waals surface area contributed by atoms with Crippen LogP contribution in [0.4, 0.5) is 17.3 Å². The number of rotatable bonds is 5. The number of nitrogens with zero attached hydrogens (tertiary/aromatic N) is 1. The molecule has 1 N–H and O–H groups in total. The largest absolute Gasteiger partial charge is 0.673 e. The lowest BCUT2D eigenvalue weighted by Crippen LogP contribution is -2.42. The summed E-state index contributed by atoms with van der Waals surface area (Å²) in [4.78, 5) is 11.7. The maximum absolute atomic E-state index is 11.7. The third-order valence-electron chi connectivity index (χ3n) is 4.71. The Balaban J connectivity index is 0.000000555. The van der Waals surface area contributed by atoms with Crippen molar-refractivity contribution in [3.8, 4) is 33.6 Å². The molecule has 0 aliphatic heterocycles. The van der Waals surface area contributed by atoms with Crippen molar-refractivity contribution in [2.45, 2.75) is 6.54 Å². The molecular weight excluding hydrogens is 433 g/mol. The number of aromatic nitrogens is 1. The van der Waals surface area contributed by atoms with Crippen LogP contribution >= 0.6 is 0 Å². The Morgan fingerprint density at radius 1 is 0.636 bits per heavy atom. The summed E-state index contributed by atoms with van der Waals surface area (Å²) in [6.07, 6.45) is 0. The molecule has 0 atom stereocenters. The van der Waals surface area contributed by atoms with Gasteiger partial charge in [-0.2, -0.15) is 4.57 Å². The molecule has 4 aromatic rings. The first kappa shape index (κ1) is 23.7. The first-order valence-corrected chi connectivity index (χ1v) is 10.1. The van der Waals surface area contributed by atoms with Crippen LogP contribution in [0.15, 0.2) is 103 Å². The summed E-state index contributed by atoms with van der Waals surface area (Å²) in [5.41, 5.74) is 5.88. The fourth-order valence-electron chi connectivity index (χ4n) is 3.42. The average molecular weight is 453 g/mol. The quantitative estimate of drug-likeness (QED) is 0.217. The van der Waals surface area contributed by atoms with E-state index in [0.717, 1.165) is 33.6 Å². The molecule has 33 heavy (non-hydrogen) atoms. The Labute approximate surface area is 188 Å². The van der Waals surface area contributed by atoms with Crippen molar-refractivity contribution in [2.24, 2.45) is 0 Å². The molecule has 0 fully saturated rings. The van der Waals surface area contributed by atoms with Crippen molar-refractivity contribution in [2.75, 3.05) is 0 Å². The van der Waals surface area contributed by atoms with Crippen LogP contribution in [0.1, 0.15) is 0 Å². The second-order valence-corrected chi connectivity index (χ2v) is 7.09. The highest BCUT2D eigenvalue weighted by Gasteiger charge is 2.24. The number of carboxylic acids is 1. The zero-order valence-corrected chi connectivity index (χ0v) is 17.4. The molecule has 4 rings (SSSR count). The first-order valence-electron chi connectivity index (χ1n) is 10.1. The monoisotopic (exact) mass is 453 g/mol. The fraction of sp³-hybridized carbons (Fsp3) is 0.0400. The fourth-order valence-corrected chi connectivity index (χ4v) is 3.42. The van der Waals surface area contributed by atoms with Gasteiger partial charge in [0.15, 0.2) is 0 Å². The van der Waals surface area contributed by atoms with E-state index < -0.39 is 13.2 Å². The SMILES string of the molecule is F[B-](F)(F)F.O=C(O)C[n+]1c(-c2ccccc2)cc(-c2ccccc2)cc1-c1ccccc1. The van der Waals surface area contributed by atoms with Crippen LogP contribution in [0.3, 0.4) is 0 Å². The maximum atomic E-state index is 11.7. The molecule has 0 amide bonds. The van der Waals surface area contributed by atoms with Crippen LogP contribution in [0.5, 0.6) is 0 Å². The van der Waals surface area contributed by atoms with Crippen LogP contribution in [-0.2, 0) is 11.3 Å². The van der Waals surface area contributed by atoms with Crippen LogP contribution < -0.4 is 4.57 Å². The van der Waals surface area contributed by atoms with Crippen LogP contribution in [0, 0.1) is 0 Å². The van der Waals surface area contributed by atoms with E-state index in [9.17, 15) is 27.2 Å². The van der Waals surface area contributed by atoms with Crippen LogP contribution in [0.2, 0.25) is 0 Å². The van der Waals surface area contributed by atoms with Crippen molar-refractivity contribution in [1.29, 1.82) is 0 Å². The number of aliphatic carboxylic acids is 1. The van der Waals surface area contributed by atoms with E-state index in [0.29, 0.717) is 0 Å². The summed E-state index contributed by atoms with van der Waals surface area (Å²) in [6.45, 7) is -0.108. The molecule has 0 spiro atoms. The van der Waals surface area contributed by atoms with E-state index >= 15 is 0 Å².